The third-order valence-electron chi connectivity index (χ3n) is 2.68. The molecule has 1 rings (SSSR count). The van der Waals surface area contributed by atoms with E-state index in [1.807, 2.05) is 13.8 Å². The Hall–Kier alpha value is -1.75. The number of nitrogens with zero attached hydrogens (tertiary/aromatic N) is 1. The van der Waals surface area contributed by atoms with Crippen LogP contribution in [0.25, 0.3) is 0 Å². The number of amides is 1. The van der Waals surface area contributed by atoms with Crippen molar-refractivity contribution in [1.82, 2.24) is 4.90 Å². The molecule has 0 heterocycles. The van der Waals surface area contributed by atoms with Gasteiger partial charge in [-0.15, -0.1) is 0 Å². The lowest BCUT2D eigenvalue weighted by Gasteiger charge is -2.24. The number of benzene rings is 1. The van der Waals surface area contributed by atoms with Gasteiger partial charge in [0, 0.05) is 20.2 Å². The largest absolute Gasteiger partial charge is 0.504 e. The summed E-state index contributed by atoms with van der Waals surface area (Å²) in [7, 11) is 1.57. The van der Waals surface area contributed by atoms with Gasteiger partial charge in [-0.3, -0.25) is 4.79 Å². The first kappa shape index (κ1) is 15.3. The van der Waals surface area contributed by atoms with Crippen LogP contribution in [0.3, 0.4) is 0 Å². The van der Waals surface area contributed by atoms with E-state index in [9.17, 15) is 15.0 Å². The summed E-state index contributed by atoms with van der Waals surface area (Å²) in [5.74, 6) is -0.667. The zero-order chi connectivity index (χ0) is 14.4. The molecule has 0 bridgehead atoms. The van der Waals surface area contributed by atoms with E-state index in [2.05, 4.69) is 0 Å². The maximum atomic E-state index is 12.4. The summed E-state index contributed by atoms with van der Waals surface area (Å²) >= 11 is 0. The van der Waals surface area contributed by atoms with Crippen molar-refractivity contribution >= 4 is 5.91 Å². The summed E-state index contributed by atoms with van der Waals surface area (Å²) in [4.78, 5) is 14.0. The number of phenols is 2. The minimum Gasteiger partial charge on any atom is -0.504 e. The van der Waals surface area contributed by atoms with Gasteiger partial charge in [-0.25, -0.2) is 0 Å². The quantitative estimate of drug-likeness (QED) is 0.772. The van der Waals surface area contributed by atoms with Gasteiger partial charge in [-0.1, -0.05) is 19.9 Å². The molecule has 5 nitrogen and oxygen atoms in total. The number of hydrogen-bond acceptors (Lipinski definition) is 4. The highest BCUT2D eigenvalue weighted by atomic mass is 16.5. The van der Waals surface area contributed by atoms with Crippen LogP contribution in [-0.4, -0.2) is 47.8 Å². The zero-order valence-corrected chi connectivity index (χ0v) is 11.6. The Balaban J connectivity index is 2.94. The number of aromatic hydroxyl groups is 2. The van der Waals surface area contributed by atoms with Crippen molar-refractivity contribution in [2.75, 3.05) is 26.8 Å². The van der Waals surface area contributed by atoms with Crippen LogP contribution in [0, 0.1) is 5.92 Å². The van der Waals surface area contributed by atoms with Crippen LogP contribution >= 0.6 is 0 Å². The van der Waals surface area contributed by atoms with E-state index < -0.39 is 0 Å². The highest BCUT2D eigenvalue weighted by Crippen LogP contribution is 2.29. The van der Waals surface area contributed by atoms with Crippen LogP contribution < -0.4 is 0 Å². The minimum atomic E-state index is -0.376. The molecule has 0 saturated carbocycles. The Morgan fingerprint density at radius 1 is 1.37 bits per heavy atom. The first-order valence-electron chi connectivity index (χ1n) is 6.26. The molecular formula is C14H21NO4. The van der Waals surface area contributed by atoms with E-state index in [4.69, 9.17) is 4.74 Å². The smallest absolute Gasteiger partial charge is 0.257 e. The SMILES string of the molecule is COCCN(CC(C)C)C(=O)c1cccc(O)c1O. The van der Waals surface area contributed by atoms with Crippen molar-refractivity contribution in [1.29, 1.82) is 0 Å². The summed E-state index contributed by atoms with van der Waals surface area (Å²) in [6.45, 7) is 5.46. The number of phenolic OH excluding ortho intramolecular Hbond substituents is 2. The van der Waals surface area contributed by atoms with Crippen molar-refractivity contribution in [2.45, 2.75) is 13.8 Å². The van der Waals surface area contributed by atoms with Crippen LogP contribution in [-0.2, 0) is 4.74 Å². The van der Waals surface area contributed by atoms with Crippen molar-refractivity contribution in [3.63, 3.8) is 0 Å². The lowest BCUT2D eigenvalue weighted by molar-refractivity contribution is 0.0668. The van der Waals surface area contributed by atoms with Crippen molar-refractivity contribution < 1.29 is 19.7 Å². The summed E-state index contributed by atoms with van der Waals surface area (Å²) in [6.07, 6.45) is 0. The molecule has 19 heavy (non-hydrogen) atoms. The molecule has 0 unspecified atom stereocenters. The molecule has 1 aromatic carbocycles. The normalized spacial score (nSPS) is 10.7. The first-order valence-corrected chi connectivity index (χ1v) is 6.26. The zero-order valence-electron chi connectivity index (χ0n) is 11.6. The molecule has 2 N–H and O–H groups in total. The number of methoxy groups -OCH3 is 1. The van der Waals surface area contributed by atoms with Crippen molar-refractivity contribution in [3.05, 3.63) is 23.8 Å². The third kappa shape index (κ3) is 4.13. The van der Waals surface area contributed by atoms with Gasteiger partial charge in [0.25, 0.3) is 5.91 Å². The Kier molecular flexibility index (Phi) is 5.63. The Labute approximate surface area is 113 Å². The molecule has 0 aliphatic heterocycles. The van der Waals surface area contributed by atoms with Gasteiger partial charge in [-0.05, 0) is 18.1 Å². The molecule has 0 aliphatic rings. The van der Waals surface area contributed by atoms with Crippen LogP contribution in [0.1, 0.15) is 24.2 Å². The molecule has 1 aromatic rings. The fourth-order valence-corrected chi connectivity index (χ4v) is 1.79. The summed E-state index contributed by atoms with van der Waals surface area (Å²) in [5.41, 5.74) is 0.108. The monoisotopic (exact) mass is 267 g/mol. The maximum absolute atomic E-state index is 12.4. The molecule has 0 fully saturated rings. The fraction of sp³-hybridized carbons (Fsp3) is 0.500. The summed E-state index contributed by atoms with van der Waals surface area (Å²) in [5, 5.41) is 19.2. The van der Waals surface area contributed by atoms with Crippen molar-refractivity contribution in [3.8, 4) is 11.5 Å². The van der Waals surface area contributed by atoms with Crippen LogP contribution in [0.2, 0.25) is 0 Å². The van der Waals surface area contributed by atoms with Gasteiger partial charge < -0.3 is 19.8 Å². The van der Waals surface area contributed by atoms with Crippen molar-refractivity contribution in [2.24, 2.45) is 5.92 Å². The maximum Gasteiger partial charge on any atom is 0.257 e. The fourth-order valence-electron chi connectivity index (χ4n) is 1.79. The highest BCUT2D eigenvalue weighted by molar-refractivity contribution is 5.97. The molecule has 0 spiro atoms. The lowest BCUT2D eigenvalue weighted by atomic mass is 10.1. The molecule has 0 radical (unpaired) electrons. The molecule has 106 valence electrons. The van der Waals surface area contributed by atoms with E-state index >= 15 is 0 Å². The average Bonchev–Trinajstić information content (AvgIpc) is 2.36. The van der Waals surface area contributed by atoms with Gasteiger partial charge in [0.1, 0.15) is 0 Å². The molecule has 0 aromatic heterocycles. The van der Waals surface area contributed by atoms with Gasteiger partial charge in [0.15, 0.2) is 11.5 Å². The topological polar surface area (TPSA) is 70.0 Å². The van der Waals surface area contributed by atoms with Gasteiger partial charge >= 0.3 is 0 Å². The summed E-state index contributed by atoms with van der Waals surface area (Å²) in [6, 6.07) is 4.37. The minimum absolute atomic E-state index is 0.108. The predicted molar refractivity (Wildman–Crippen MR) is 72.4 cm³/mol. The number of hydrogen-bond donors (Lipinski definition) is 2. The van der Waals surface area contributed by atoms with Crippen LogP contribution in [0.15, 0.2) is 18.2 Å². The van der Waals surface area contributed by atoms with Gasteiger partial charge in [0.05, 0.1) is 12.2 Å². The van der Waals surface area contributed by atoms with Gasteiger partial charge in [0.2, 0.25) is 0 Å². The Bertz CT molecular complexity index is 431. The van der Waals surface area contributed by atoms with Crippen LogP contribution in [0.5, 0.6) is 11.5 Å². The lowest BCUT2D eigenvalue weighted by Crippen LogP contribution is -2.36. The molecule has 5 heteroatoms. The second-order valence-corrected chi connectivity index (χ2v) is 4.81. The van der Waals surface area contributed by atoms with Gasteiger partial charge in [-0.2, -0.15) is 0 Å². The summed E-state index contributed by atoms with van der Waals surface area (Å²) < 4.78 is 4.99. The highest BCUT2D eigenvalue weighted by Gasteiger charge is 2.21. The molecule has 0 saturated heterocycles. The number of carbonyl (C=O) groups excluding carboxylic acids is 1. The van der Waals surface area contributed by atoms with E-state index in [1.165, 1.54) is 18.2 Å². The third-order valence-corrected chi connectivity index (χ3v) is 2.68. The van der Waals surface area contributed by atoms with E-state index in [0.717, 1.165) is 0 Å². The molecule has 0 atom stereocenters. The molecular weight excluding hydrogens is 246 g/mol. The standard InChI is InChI=1S/C14H21NO4/c1-10(2)9-15(7-8-19-3)14(18)11-5-4-6-12(16)13(11)17/h4-6,10,16-17H,7-9H2,1-3H3. The van der Waals surface area contributed by atoms with Crippen LogP contribution in [0.4, 0.5) is 0 Å². The molecule has 0 aliphatic carbocycles. The molecule has 1 amide bonds. The number of para-hydroxylation sites is 1. The Morgan fingerprint density at radius 2 is 2.05 bits per heavy atom. The number of ether oxygens (including phenoxy) is 1. The first-order chi connectivity index (χ1) is 8.97. The van der Waals surface area contributed by atoms with E-state index in [-0.39, 0.29) is 23.0 Å². The Morgan fingerprint density at radius 3 is 2.63 bits per heavy atom. The predicted octanol–water partition coefficient (Wildman–Crippen LogP) is 1.84. The van der Waals surface area contributed by atoms with E-state index in [1.54, 1.807) is 12.0 Å². The van der Waals surface area contributed by atoms with E-state index in [0.29, 0.717) is 25.6 Å². The second kappa shape index (κ2) is 6.99. The number of rotatable bonds is 6. The number of carbonyl (C=O) groups is 1. The second-order valence-electron chi connectivity index (χ2n) is 4.81. The average molecular weight is 267 g/mol.